The van der Waals surface area contributed by atoms with Crippen LogP contribution in [0.15, 0.2) is 66.7 Å². The monoisotopic (exact) mass is 516 g/mol. The number of aryl methyl sites for hydroxylation is 1. The van der Waals surface area contributed by atoms with Crippen LogP contribution in [0.3, 0.4) is 0 Å². The molecule has 8 heteroatoms. The molecule has 0 N–H and O–H groups in total. The third kappa shape index (κ3) is 7.68. The van der Waals surface area contributed by atoms with E-state index in [9.17, 15) is 22.8 Å². The Labute approximate surface area is 214 Å². The lowest BCUT2D eigenvalue weighted by atomic mass is 10.1. The second kappa shape index (κ2) is 12.2. The van der Waals surface area contributed by atoms with Crippen LogP contribution in [0.4, 0.5) is 13.2 Å². The van der Waals surface area contributed by atoms with Crippen molar-refractivity contribution < 1.29 is 22.8 Å². The zero-order valence-electron chi connectivity index (χ0n) is 20.7. The molecule has 0 fully saturated rings. The summed E-state index contributed by atoms with van der Waals surface area (Å²) in [5.74, 6) is -0.545. The van der Waals surface area contributed by atoms with Gasteiger partial charge in [0.25, 0.3) is 5.91 Å². The number of halogens is 3. The standard InChI is InChI=1S/C28H31F3N2O2S/c1-4-20(2)16-33(27(35)23-11-13-24(14-12-23)28(29,30)31)19-26(34)32(17-22-8-6-5-7-9-22)18-25-15-10-21(3)36-25/h5-15,20H,4,16-19H2,1-3H3. The molecule has 1 atom stereocenters. The summed E-state index contributed by atoms with van der Waals surface area (Å²) in [6, 6.07) is 17.8. The van der Waals surface area contributed by atoms with Crippen LogP contribution < -0.4 is 0 Å². The average Bonchev–Trinajstić information content (AvgIpc) is 3.27. The minimum absolute atomic E-state index is 0.124. The first-order chi connectivity index (χ1) is 17.1. The van der Waals surface area contributed by atoms with Crippen LogP contribution in [-0.4, -0.2) is 34.7 Å². The SMILES string of the molecule is CCC(C)CN(CC(=O)N(Cc1ccccc1)Cc1ccc(C)s1)C(=O)c1ccc(C(F)(F)F)cc1. The predicted octanol–water partition coefficient (Wildman–Crippen LogP) is 6.79. The molecular formula is C28H31F3N2O2S. The molecule has 36 heavy (non-hydrogen) atoms. The number of rotatable bonds is 10. The number of nitrogens with zero attached hydrogens (tertiary/aromatic N) is 2. The van der Waals surface area contributed by atoms with Gasteiger partial charge in [-0.3, -0.25) is 9.59 Å². The summed E-state index contributed by atoms with van der Waals surface area (Å²) in [5, 5.41) is 0. The summed E-state index contributed by atoms with van der Waals surface area (Å²) in [6.07, 6.45) is -3.68. The molecule has 0 radical (unpaired) electrons. The molecule has 0 spiro atoms. The van der Waals surface area contributed by atoms with Gasteiger partial charge in [-0.1, -0.05) is 50.6 Å². The maximum Gasteiger partial charge on any atom is 0.416 e. The van der Waals surface area contributed by atoms with Crippen molar-refractivity contribution in [2.75, 3.05) is 13.1 Å². The normalized spacial score (nSPS) is 12.3. The number of carbonyl (C=O) groups excluding carboxylic acids is 2. The maximum absolute atomic E-state index is 13.5. The smallest absolute Gasteiger partial charge is 0.332 e. The third-order valence-electron chi connectivity index (χ3n) is 6.01. The van der Waals surface area contributed by atoms with Gasteiger partial charge in [-0.05, 0) is 54.8 Å². The van der Waals surface area contributed by atoms with Gasteiger partial charge in [0.1, 0.15) is 6.54 Å². The lowest BCUT2D eigenvalue weighted by molar-refractivity contribution is -0.137. The Morgan fingerprint density at radius 1 is 0.917 bits per heavy atom. The zero-order valence-corrected chi connectivity index (χ0v) is 21.5. The number of hydrogen-bond donors (Lipinski definition) is 0. The van der Waals surface area contributed by atoms with E-state index in [1.54, 1.807) is 16.2 Å². The van der Waals surface area contributed by atoms with Crippen molar-refractivity contribution in [3.05, 3.63) is 93.2 Å². The Hall–Kier alpha value is -3.13. The van der Waals surface area contributed by atoms with E-state index in [1.807, 2.05) is 63.2 Å². The number of hydrogen-bond acceptors (Lipinski definition) is 3. The van der Waals surface area contributed by atoms with Crippen LogP contribution in [-0.2, 0) is 24.1 Å². The van der Waals surface area contributed by atoms with Crippen molar-refractivity contribution in [3.63, 3.8) is 0 Å². The van der Waals surface area contributed by atoms with Crippen LogP contribution in [0, 0.1) is 12.8 Å². The summed E-state index contributed by atoms with van der Waals surface area (Å²) < 4.78 is 38.9. The van der Waals surface area contributed by atoms with Gasteiger partial charge in [0.2, 0.25) is 5.91 Å². The van der Waals surface area contributed by atoms with Crippen molar-refractivity contribution in [2.45, 2.75) is 46.5 Å². The van der Waals surface area contributed by atoms with Gasteiger partial charge in [-0.15, -0.1) is 11.3 Å². The first-order valence-corrected chi connectivity index (χ1v) is 12.7. The molecule has 1 aromatic heterocycles. The predicted molar refractivity (Wildman–Crippen MR) is 137 cm³/mol. The van der Waals surface area contributed by atoms with E-state index in [1.165, 1.54) is 17.0 Å². The molecule has 192 valence electrons. The quantitative estimate of drug-likeness (QED) is 0.298. The molecule has 1 heterocycles. The average molecular weight is 517 g/mol. The van der Waals surface area contributed by atoms with Crippen molar-refractivity contribution in [3.8, 4) is 0 Å². The highest BCUT2D eigenvalue weighted by atomic mass is 32.1. The number of benzene rings is 2. The number of amides is 2. The molecule has 0 aliphatic heterocycles. The lowest BCUT2D eigenvalue weighted by Gasteiger charge is -2.29. The number of thiophene rings is 1. The van der Waals surface area contributed by atoms with E-state index in [-0.39, 0.29) is 23.9 Å². The lowest BCUT2D eigenvalue weighted by Crippen LogP contribution is -2.44. The highest BCUT2D eigenvalue weighted by molar-refractivity contribution is 7.11. The van der Waals surface area contributed by atoms with Crippen LogP contribution in [0.1, 0.15) is 51.5 Å². The first kappa shape index (κ1) is 27.5. The minimum atomic E-state index is -4.48. The number of alkyl halides is 3. The molecular weight excluding hydrogens is 485 g/mol. The van der Waals surface area contributed by atoms with Gasteiger partial charge >= 0.3 is 6.18 Å². The van der Waals surface area contributed by atoms with Crippen molar-refractivity contribution in [1.29, 1.82) is 0 Å². The molecule has 0 saturated heterocycles. The first-order valence-electron chi connectivity index (χ1n) is 11.9. The largest absolute Gasteiger partial charge is 0.416 e. The fourth-order valence-electron chi connectivity index (χ4n) is 3.77. The Balaban J connectivity index is 1.83. The Morgan fingerprint density at radius 3 is 2.14 bits per heavy atom. The van der Waals surface area contributed by atoms with Crippen LogP contribution >= 0.6 is 11.3 Å². The second-order valence-electron chi connectivity index (χ2n) is 9.02. The molecule has 3 aromatic rings. The summed E-state index contributed by atoms with van der Waals surface area (Å²) in [5.41, 5.74) is 0.285. The maximum atomic E-state index is 13.5. The third-order valence-corrected chi connectivity index (χ3v) is 7.00. The summed E-state index contributed by atoms with van der Waals surface area (Å²) in [7, 11) is 0. The van der Waals surface area contributed by atoms with E-state index >= 15 is 0 Å². The fourth-order valence-corrected chi connectivity index (χ4v) is 4.67. The second-order valence-corrected chi connectivity index (χ2v) is 10.4. The van der Waals surface area contributed by atoms with Gasteiger partial charge in [0, 0.05) is 28.4 Å². The highest BCUT2D eigenvalue weighted by Crippen LogP contribution is 2.29. The Morgan fingerprint density at radius 2 is 1.58 bits per heavy atom. The molecule has 0 saturated carbocycles. The summed E-state index contributed by atoms with van der Waals surface area (Å²) >= 11 is 1.62. The summed E-state index contributed by atoms with van der Waals surface area (Å²) in [4.78, 5) is 32.2. The minimum Gasteiger partial charge on any atom is -0.332 e. The molecule has 0 aliphatic carbocycles. The Bertz CT molecular complexity index is 1140. The molecule has 0 aliphatic rings. The fraction of sp³-hybridized carbons (Fsp3) is 0.357. The zero-order chi connectivity index (χ0) is 26.3. The van der Waals surface area contributed by atoms with E-state index < -0.39 is 17.6 Å². The Kier molecular flexibility index (Phi) is 9.31. The molecule has 2 aromatic carbocycles. The van der Waals surface area contributed by atoms with Gasteiger partial charge in [-0.25, -0.2) is 0 Å². The van der Waals surface area contributed by atoms with Gasteiger partial charge < -0.3 is 9.80 Å². The molecule has 1 unspecified atom stereocenters. The van der Waals surface area contributed by atoms with Crippen molar-refractivity contribution >= 4 is 23.2 Å². The van der Waals surface area contributed by atoms with E-state index in [0.717, 1.165) is 33.9 Å². The number of carbonyl (C=O) groups is 2. The topological polar surface area (TPSA) is 40.6 Å². The van der Waals surface area contributed by atoms with Crippen LogP contribution in [0.25, 0.3) is 0 Å². The van der Waals surface area contributed by atoms with E-state index in [4.69, 9.17) is 0 Å². The van der Waals surface area contributed by atoms with Gasteiger partial charge in [0.05, 0.1) is 12.1 Å². The van der Waals surface area contributed by atoms with Crippen molar-refractivity contribution in [2.24, 2.45) is 5.92 Å². The van der Waals surface area contributed by atoms with Gasteiger partial charge in [-0.2, -0.15) is 13.2 Å². The van der Waals surface area contributed by atoms with Crippen LogP contribution in [0.2, 0.25) is 0 Å². The molecule has 4 nitrogen and oxygen atoms in total. The molecule has 0 bridgehead atoms. The molecule has 2 amide bonds. The van der Waals surface area contributed by atoms with E-state index in [0.29, 0.717) is 19.6 Å². The molecule has 3 rings (SSSR count). The van der Waals surface area contributed by atoms with Gasteiger partial charge in [0.15, 0.2) is 0 Å². The van der Waals surface area contributed by atoms with E-state index in [2.05, 4.69) is 0 Å². The summed E-state index contributed by atoms with van der Waals surface area (Å²) in [6.45, 7) is 6.97. The van der Waals surface area contributed by atoms with Crippen LogP contribution in [0.5, 0.6) is 0 Å². The van der Waals surface area contributed by atoms with Crippen molar-refractivity contribution in [1.82, 2.24) is 9.80 Å². The highest BCUT2D eigenvalue weighted by Gasteiger charge is 2.31.